The van der Waals surface area contributed by atoms with E-state index < -0.39 is 0 Å². The van der Waals surface area contributed by atoms with Gasteiger partial charge >= 0.3 is 0 Å². The molecular weight excluding hydrogens is 472 g/mol. The maximum Gasteiger partial charge on any atom is 0.127 e. The predicted octanol–water partition coefficient (Wildman–Crippen LogP) is 7.85. The monoisotopic (exact) mass is 506 g/mol. The van der Waals surface area contributed by atoms with Crippen LogP contribution in [0.1, 0.15) is 0 Å². The van der Waals surface area contributed by atoms with Crippen molar-refractivity contribution >= 4 is 0 Å². The molecule has 0 spiro atoms. The maximum atomic E-state index is 6.12. The van der Waals surface area contributed by atoms with Crippen molar-refractivity contribution in [3.8, 4) is 44.9 Å². The van der Waals surface area contributed by atoms with E-state index in [1.54, 1.807) is 12.2 Å². The Balaban J connectivity index is 1.65. The van der Waals surface area contributed by atoms with Crippen LogP contribution in [0, 0.1) is 0 Å². The van der Waals surface area contributed by atoms with Crippen LogP contribution < -0.4 is 9.47 Å². The summed E-state index contributed by atoms with van der Waals surface area (Å²) in [5.74, 6) is 1.65. The van der Waals surface area contributed by atoms with Crippen molar-refractivity contribution in [2.45, 2.75) is 0 Å². The van der Waals surface area contributed by atoms with Crippen LogP contribution in [0.4, 0.5) is 0 Å². The van der Waals surface area contributed by atoms with Crippen molar-refractivity contribution in [2.24, 2.45) is 0 Å². The molecule has 0 aromatic heterocycles. The van der Waals surface area contributed by atoms with Crippen LogP contribution in [0.3, 0.4) is 0 Å². The number of benzene rings is 4. The summed E-state index contributed by atoms with van der Waals surface area (Å²) in [6, 6.07) is 33.2. The van der Waals surface area contributed by atoms with Crippen molar-refractivity contribution < 1.29 is 18.9 Å². The van der Waals surface area contributed by atoms with Crippen LogP contribution in [0.2, 0.25) is 0 Å². The fourth-order valence-electron chi connectivity index (χ4n) is 4.11. The molecule has 4 aromatic rings. The summed E-state index contributed by atoms with van der Waals surface area (Å²) in [7, 11) is 0. The van der Waals surface area contributed by atoms with E-state index in [1.807, 2.05) is 48.5 Å². The summed E-state index contributed by atoms with van der Waals surface area (Å²) < 4.78 is 23.2. The summed E-state index contributed by atoms with van der Waals surface area (Å²) in [5.41, 5.74) is 6.45. The lowest BCUT2D eigenvalue weighted by molar-refractivity contribution is 0.121. The van der Waals surface area contributed by atoms with Crippen LogP contribution in [-0.2, 0) is 9.47 Å². The molecule has 0 bridgehead atoms. The minimum Gasteiger partial charge on any atom is -0.491 e. The highest BCUT2D eigenvalue weighted by molar-refractivity contribution is 5.81. The molecule has 0 unspecified atom stereocenters. The second kappa shape index (κ2) is 14.6. The first-order chi connectivity index (χ1) is 18.8. The first kappa shape index (κ1) is 26.9. The predicted molar refractivity (Wildman–Crippen MR) is 156 cm³/mol. The molecule has 4 aromatic carbocycles. The van der Waals surface area contributed by atoms with Crippen LogP contribution in [0.15, 0.2) is 122 Å². The average Bonchev–Trinajstić information content (AvgIpc) is 2.98. The van der Waals surface area contributed by atoms with E-state index in [0.717, 1.165) is 44.9 Å². The topological polar surface area (TPSA) is 36.9 Å². The van der Waals surface area contributed by atoms with Gasteiger partial charge in [0.25, 0.3) is 0 Å². The Morgan fingerprint density at radius 1 is 0.474 bits per heavy atom. The van der Waals surface area contributed by atoms with E-state index in [1.165, 1.54) is 0 Å². The second-order valence-electron chi connectivity index (χ2n) is 8.58. The Morgan fingerprint density at radius 2 is 0.895 bits per heavy atom. The zero-order chi connectivity index (χ0) is 26.4. The highest BCUT2D eigenvalue weighted by atomic mass is 16.5. The van der Waals surface area contributed by atoms with E-state index >= 15 is 0 Å². The van der Waals surface area contributed by atoms with Gasteiger partial charge in [-0.2, -0.15) is 0 Å². The standard InChI is InChI=1S/C34H34O4/c1-3-19-35-21-23-37-33-17-15-29(25-31(33)27-11-7-5-8-12-27)30-16-18-34(38-24-22-36-20-4-2)32(26-30)28-13-9-6-10-14-28/h3-18,25-26H,1-2,19-24H2. The molecule has 0 atom stereocenters. The highest BCUT2D eigenvalue weighted by Gasteiger charge is 2.13. The third kappa shape index (κ3) is 7.45. The molecule has 0 fully saturated rings. The van der Waals surface area contributed by atoms with Gasteiger partial charge in [0.1, 0.15) is 24.7 Å². The van der Waals surface area contributed by atoms with E-state index in [4.69, 9.17) is 18.9 Å². The number of hydrogen-bond acceptors (Lipinski definition) is 4. The molecule has 0 radical (unpaired) electrons. The summed E-state index contributed by atoms with van der Waals surface area (Å²) >= 11 is 0. The first-order valence-electron chi connectivity index (χ1n) is 12.8. The first-order valence-corrected chi connectivity index (χ1v) is 12.8. The summed E-state index contributed by atoms with van der Waals surface area (Å²) in [5, 5.41) is 0. The SMILES string of the molecule is C=CCOCCOc1ccc(-c2ccc(OCCOCC=C)c(-c3ccccc3)c2)cc1-c1ccccc1. The molecule has 0 heterocycles. The lowest BCUT2D eigenvalue weighted by atomic mass is 9.95. The molecule has 0 aliphatic rings. The molecule has 0 N–H and O–H groups in total. The van der Waals surface area contributed by atoms with Gasteiger partial charge in [0.2, 0.25) is 0 Å². The Morgan fingerprint density at radius 3 is 1.29 bits per heavy atom. The third-order valence-corrected chi connectivity index (χ3v) is 5.90. The molecule has 0 aliphatic heterocycles. The van der Waals surface area contributed by atoms with Gasteiger partial charge in [-0.3, -0.25) is 0 Å². The van der Waals surface area contributed by atoms with Crippen molar-refractivity contribution in [1.29, 1.82) is 0 Å². The quantitative estimate of drug-likeness (QED) is 0.122. The van der Waals surface area contributed by atoms with Gasteiger partial charge in [-0.1, -0.05) is 84.9 Å². The van der Waals surface area contributed by atoms with Crippen molar-refractivity contribution in [2.75, 3.05) is 39.6 Å². The molecule has 0 aliphatic carbocycles. The minimum absolute atomic E-state index is 0.466. The molecule has 0 saturated carbocycles. The maximum absolute atomic E-state index is 6.12. The van der Waals surface area contributed by atoms with Gasteiger partial charge in [-0.15, -0.1) is 13.2 Å². The second-order valence-corrected chi connectivity index (χ2v) is 8.58. The van der Waals surface area contributed by atoms with Crippen LogP contribution >= 0.6 is 0 Å². The minimum atomic E-state index is 0.466. The lowest BCUT2D eigenvalue weighted by Crippen LogP contribution is -2.07. The molecular formula is C34H34O4. The Labute approximate surface area is 225 Å². The molecule has 0 amide bonds. The Kier molecular flexibility index (Phi) is 10.3. The van der Waals surface area contributed by atoms with Crippen molar-refractivity contribution in [3.63, 3.8) is 0 Å². The molecule has 194 valence electrons. The zero-order valence-corrected chi connectivity index (χ0v) is 21.7. The fourth-order valence-corrected chi connectivity index (χ4v) is 4.11. The Hall–Kier alpha value is -4.12. The summed E-state index contributed by atoms with van der Waals surface area (Å²) in [6.45, 7) is 10.3. The molecule has 0 saturated heterocycles. The van der Waals surface area contributed by atoms with Gasteiger partial charge in [-0.25, -0.2) is 0 Å². The van der Waals surface area contributed by atoms with Gasteiger partial charge in [0.05, 0.1) is 26.4 Å². The molecule has 4 rings (SSSR count). The van der Waals surface area contributed by atoms with E-state index in [9.17, 15) is 0 Å². The number of hydrogen-bond donors (Lipinski definition) is 0. The average molecular weight is 507 g/mol. The van der Waals surface area contributed by atoms with Gasteiger partial charge in [0.15, 0.2) is 0 Å². The van der Waals surface area contributed by atoms with Crippen molar-refractivity contribution in [3.05, 3.63) is 122 Å². The molecule has 4 nitrogen and oxygen atoms in total. The summed E-state index contributed by atoms with van der Waals surface area (Å²) in [6.07, 6.45) is 3.47. The van der Waals surface area contributed by atoms with Crippen LogP contribution in [-0.4, -0.2) is 39.6 Å². The molecule has 4 heteroatoms. The van der Waals surface area contributed by atoms with Gasteiger partial charge in [-0.05, 0) is 46.5 Å². The van der Waals surface area contributed by atoms with Crippen LogP contribution in [0.25, 0.3) is 33.4 Å². The van der Waals surface area contributed by atoms with Crippen LogP contribution in [0.5, 0.6) is 11.5 Å². The normalized spacial score (nSPS) is 10.6. The zero-order valence-electron chi connectivity index (χ0n) is 21.7. The van der Waals surface area contributed by atoms with E-state index in [2.05, 4.69) is 61.7 Å². The van der Waals surface area contributed by atoms with E-state index in [0.29, 0.717) is 39.6 Å². The summed E-state index contributed by atoms with van der Waals surface area (Å²) in [4.78, 5) is 0. The Bertz CT molecular complexity index is 1200. The van der Waals surface area contributed by atoms with Crippen molar-refractivity contribution in [1.82, 2.24) is 0 Å². The third-order valence-electron chi connectivity index (χ3n) is 5.90. The molecule has 38 heavy (non-hydrogen) atoms. The number of ether oxygens (including phenoxy) is 4. The smallest absolute Gasteiger partial charge is 0.127 e. The van der Waals surface area contributed by atoms with Gasteiger partial charge < -0.3 is 18.9 Å². The van der Waals surface area contributed by atoms with Gasteiger partial charge in [0, 0.05) is 11.1 Å². The fraction of sp³-hybridized carbons (Fsp3) is 0.176. The largest absolute Gasteiger partial charge is 0.491 e. The highest BCUT2D eigenvalue weighted by Crippen LogP contribution is 2.38. The van der Waals surface area contributed by atoms with E-state index in [-0.39, 0.29) is 0 Å². The lowest BCUT2D eigenvalue weighted by Gasteiger charge is -2.16. The number of rotatable bonds is 15.